The van der Waals surface area contributed by atoms with Crippen molar-refractivity contribution in [3.05, 3.63) is 93.0 Å². The van der Waals surface area contributed by atoms with Crippen molar-refractivity contribution >= 4 is 23.2 Å². The van der Waals surface area contributed by atoms with Gasteiger partial charge in [0.2, 0.25) is 0 Å². The van der Waals surface area contributed by atoms with E-state index in [4.69, 9.17) is 32.7 Å². The number of ether oxygens (including phenoxy) is 2. The molecule has 0 radical (unpaired) electrons. The van der Waals surface area contributed by atoms with Gasteiger partial charge >= 0.3 is 0 Å². The molecule has 3 rings (SSSR count). The third-order valence-corrected chi connectivity index (χ3v) is 5.23. The number of aryl methyl sites for hydroxylation is 1. The minimum absolute atomic E-state index is 0.395. The zero-order valence-corrected chi connectivity index (χ0v) is 17.6. The smallest absolute Gasteiger partial charge is 0.161 e. The molecule has 0 spiro atoms. The van der Waals surface area contributed by atoms with E-state index in [0.29, 0.717) is 22.4 Å². The molecule has 2 N–H and O–H groups in total. The fraction of sp³-hybridized carbons (Fsp3) is 0.217. The molecule has 0 unspecified atom stereocenters. The molecule has 0 amide bonds. The summed E-state index contributed by atoms with van der Waals surface area (Å²) in [5.41, 5.74) is 4.74. The van der Waals surface area contributed by atoms with E-state index in [1.807, 2.05) is 24.3 Å². The number of hydrogen-bond acceptors (Lipinski definition) is 2. The van der Waals surface area contributed by atoms with Gasteiger partial charge in [-0.3, -0.25) is 0 Å². The summed E-state index contributed by atoms with van der Waals surface area (Å²) >= 11 is 12.0. The van der Waals surface area contributed by atoms with Gasteiger partial charge < -0.3 is 14.8 Å². The van der Waals surface area contributed by atoms with Gasteiger partial charge in [0.25, 0.3) is 0 Å². The Labute approximate surface area is 176 Å². The fourth-order valence-electron chi connectivity index (χ4n) is 2.88. The summed E-state index contributed by atoms with van der Waals surface area (Å²) in [6.45, 7) is 4.31. The Bertz CT molecular complexity index is 926. The molecule has 146 valence electrons. The first-order chi connectivity index (χ1) is 13.5. The van der Waals surface area contributed by atoms with Crippen LogP contribution < -0.4 is 14.8 Å². The highest BCUT2D eigenvalue weighted by molar-refractivity contribution is 6.42. The van der Waals surface area contributed by atoms with Crippen LogP contribution in [-0.2, 0) is 19.7 Å². The molecule has 0 saturated carbocycles. The predicted molar refractivity (Wildman–Crippen MR) is 114 cm³/mol. The first kappa shape index (κ1) is 20.5. The number of nitrogens with two attached hydrogens (primary N) is 1. The maximum Gasteiger partial charge on any atom is 0.161 e. The fourth-order valence-corrected chi connectivity index (χ4v) is 3.20. The molecule has 0 fully saturated rings. The van der Waals surface area contributed by atoms with Gasteiger partial charge in [0.1, 0.15) is 19.7 Å². The Balaban J connectivity index is 1.58. The van der Waals surface area contributed by atoms with Crippen molar-refractivity contribution in [2.45, 2.75) is 26.6 Å². The molecule has 3 aromatic carbocycles. The third kappa shape index (κ3) is 5.65. The summed E-state index contributed by atoms with van der Waals surface area (Å²) in [6, 6.07) is 20.2. The van der Waals surface area contributed by atoms with E-state index < -0.39 is 0 Å². The van der Waals surface area contributed by atoms with Gasteiger partial charge in [-0.25, -0.2) is 0 Å². The number of rotatable bonds is 8. The van der Waals surface area contributed by atoms with E-state index in [1.165, 1.54) is 16.7 Å². The minimum Gasteiger partial charge on any atom is -0.493 e. The van der Waals surface area contributed by atoms with E-state index in [0.717, 1.165) is 24.4 Å². The van der Waals surface area contributed by atoms with Crippen molar-refractivity contribution in [3.8, 4) is 11.5 Å². The highest BCUT2D eigenvalue weighted by Crippen LogP contribution is 2.29. The first-order valence-corrected chi connectivity index (χ1v) is 9.91. The second-order valence-corrected chi connectivity index (χ2v) is 7.52. The summed E-state index contributed by atoms with van der Waals surface area (Å²) in [5, 5.41) is 3.33. The molecule has 3 nitrogen and oxygen atoms in total. The van der Waals surface area contributed by atoms with Crippen LogP contribution in [0.25, 0.3) is 0 Å². The molecule has 5 heteroatoms. The Morgan fingerprint density at radius 2 is 1.43 bits per heavy atom. The van der Waals surface area contributed by atoms with Gasteiger partial charge in [0.05, 0.1) is 17.2 Å². The summed E-state index contributed by atoms with van der Waals surface area (Å²) in [5.74, 6) is 1.43. The first-order valence-electron chi connectivity index (χ1n) is 9.16. The van der Waals surface area contributed by atoms with Gasteiger partial charge in [-0.2, -0.15) is 0 Å². The minimum atomic E-state index is 0.395. The summed E-state index contributed by atoms with van der Waals surface area (Å²) in [6.07, 6.45) is 0. The second-order valence-electron chi connectivity index (χ2n) is 6.70. The van der Waals surface area contributed by atoms with E-state index in [2.05, 4.69) is 42.6 Å². The lowest BCUT2D eigenvalue weighted by Crippen LogP contribution is -2.80. The molecule has 0 saturated heterocycles. The molecular formula is C23H24Cl2NO2+. The highest BCUT2D eigenvalue weighted by Gasteiger charge is 2.08. The van der Waals surface area contributed by atoms with Gasteiger partial charge in [0, 0.05) is 11.1 Å². The van der Waals surface area contributed by atoms with Crippen LogP contribution in [0.3, 0.4) is 0 Å². The molecule has 0 bridgehead atoms. The molecule has 0 aliphatic rings. The Kier molecular flexibility index (Phi) is 7.21. The Morgan fingerprint density at radius 1 is 0.750 bits per heavy atom. The van der Waals surface area contributed by atoms with Crippen molar-refractivity contribution in [1.29, 1.82) is 0 Å². The largest absolute Gasteiger partial charge is 0.493 e. The lowest BCUT2D eigenvalue weighted by molar-refractivity contribution is -0.686. The Hall–Kier alpha value is -2.20. The van der Waals surface area contributed by atoms with Crippen molar-refractivity contribution < 1.29 is 14.8 Å². The number of methoxy groups -OCH3 is 1. The average Bonchev–Trinajstić information content (AvgIpc) is 2.71. The van der Waals surface area contributed by atoms with Gasteiger partial charge in [-0.15, -0.1) is 0 Å². The standard InChI is InChI=1S/C23H23Cl2NO2/c1-16-3-5-17(6-4-16)13-26-14-18-8-10-22(23(12-18)27-2)28-15-19-7-9-20(24)21(25)11-19/h3-12,26H,13-15H2,1-2H3/p+1. The molecule has 28 heavy (non-hydrogen) atoms. The van der Waals surface area contributed by atoms with Gasteiger partial charge in [-0.05, 0) is 42.8 Å². The molecule has 0 atom stereocenters. The second kappa shape index (κ2) is 9.83. The average molecular weight is 417 g/mol. The van der Waals surface area contributed by atoms with Crippen molar-refractivity contribution in [3.63, 3.8) is 0 Å². The van der Waals surface area contributed by atoms with E-state index in [9.17, 15) is 0 Å². The molecule has 3 aromatic rings. The van der Waals surface area contributed by atoms with Crippen LogP contribution in [0.5, 0.6) is 11.5 Å². The maximum absolute atomic E-state index is 6.06. The predicted octanol–water partition coefficient (Wildman–Crippen LogP) is 5.15. The quantitative estimate of drug-likeness (QED) is 0.550. The monoisotopic (exact) mass is 416 g/mol. The van der Waals surface area contributed by atoms with Crippen molar-refractivity contribution in [1.82, 2.24) is 0 Å². The molecule has 0 heterocycles. The summed E-state index contributed by atoms with van der Waals surface area (Å²) < 4.78 is 11.4. The van der Waals surface area contributed by atoms with Crippen molar-refractivity contribution in [2.75, 3.05) is 7.11 Å². The number of hydrogen-bond donors (Lipinski definition) is 1. The van der Waals surface area contributed by atoms with Crippen LogP contribution >= 0.6 is 23.2 Å². The molecule has 0 aliphatic heterocycles. The number of quaternary nitrogens is 1. The van der Waals surface area contributed by atoms with Crippen LogP contribution in [0.15, 0.2) is 60.7 Å². The normalized spacial score (nSPS) is 10.7. The lowest BCUT2D eigenvalue weighted by Gasteiger charge is -2.12. The maximum atomic E-state index is 6.06. The summed E-state index contributed by atoms with van der Waals surface area (Å²) in [4.78, 5) is 0. The van der Waals surface area contributed by atoms with E-state index in [1.54, 1.807) is 13.2 Å². The van der Waals surface area contributed by atoms with Crippen LogP contribution in [0.1, 0.15) is 22.3 Å². The van der Waals surface area contributed by atoms with Crippen LogP contribution in [0, 0.1) is 6.92 Å². The zero-order chi connectivity index (χ0) is 19.9. The highest BCUT2D eigenvalue weighted by atomic mass is 35.5. The summed E-state index contributed by atoms with van der Waals surface area (Å²) in [7, 11) is 1.65. The van der Waals surface area contributed by atoms with E-state index >= 15 is 0 Å². The number of halogens is 2. The van der Waals surface area contributed by atoms with Gasteiger partial charge in [0.15, 0.2) is 11.5 Å². The lowest BCUT2D eigenvalue weighted by atomic mass is 10.1. The Morgan fingerprint density at radius 3 is 2.14 bits per heavy atom. The molecule has 0 aromatic heterocycles. The number of benzene rings is 3. The zero-order valence-electron chi connectivity index (χ0n) is 16.0. The van der Waals surface area contributed by atoms with Gasteiger partial charge in [-0.1, -0.05) is 59.1 Å². The SMILES string of the molecule is COc1cc(C[NH2+]Cc2ccc(C)cc2)ccc1OCc1ccc(Cl)c(Cl)c1. The van der Waals surface area contributed by atoms with Crippen LogP contribution in [0.2, 0.25) is 10.0 Å². The van der Waals surface area contributed by atoms with Crippen LogP contribution in [0.4, 0.5) is 0 Å². The van der Waals surface area contributed by atoms with Crippen LogP contribution in [-0.4, -0.2) is 7.11 Å². The van der Waals surface area contributed by atoms with Crippen molar-refractivity contribution in [2.24, 2.45) is 0 Å². The topological polar surface area (TPSA) is 35.1 Å². The molecular weight excluding hydrogens is 393 g/mol. The van der Waals surface area contributed by atoms with E-state index in [-0.39, 0.29) is 0 Å². The molecule has 0 aliphatic carbocycles. The third-order valence-electron chi connectivity index (χ3n) is 4.49.